The fourth-order valence-corrected chi connectivity index (χ4v) is 6.51. The SMILES string of the molecule is CCOC(=O)C1=C(CSc2nnc(-c3ccccc3)s2)Nc2nnnn2C1c1ccccc1OCc1ccccc1Cl. The van der Waals surface area contributed by atoms with Crippen molar-refractivity contribution in [3.05, 3.63) is 106 Å². The Balaban J connectivity index is 1.35. The fraction of sp³-hybridized carbons (Fsp3) is 0.172. The number of anilines is 1. The molecule has 0 amide bonds. The molecule has 10 nitrogen and oxygen atoms in total. The van der Waals surface area contributed by atoms with E-state index in [-0.39, 0.29) is 13.2 Å². The Kier molecular flexibility index (Phi) is 8.45. The molecule has 0 fully saturated rings. The van der Waals surface area contributed by atoms with Crippen molar-refractivity contribution in [3.8, 4) is 16.3 Å². The Hall–Kier alpha value is -4.26. The second-order valence-corrected chi connectivity index (χ2v) is 11.6. The number of ether oxygens (including phenoxy) is 2. The Morgan fingerprint density at radius 1 is 1.02 bits per heavy atom. The summed E-state index contributed by atoms with van der Waals surface area (Å²) in [4.78, 5) is 13.6. The number of aromatic nitrogens is 6. The van der Waals surface area contributed by atoms with Crippen molar-refractivity contribution >= 4 is 46.6 Å². The number of halogens is 1. The van der Waals surface area contributed by atoms with Crippen molar-refractivity contribution in [1.29, 1.82) is 0 Å². The van der Waals surface area contributed by atoms with Crippen molar-refractivity contribution < 1.29 is 14.3 Å². The summed E-state index contributed by atoms with van der Waals surface area (Å²) in [5, 5.41) is 25.6. The van der Waals surface area contributed by atoms with E-state index in [2.05, 4.69) is 31.0 Å². The third-order valence-corrected chi connectivity index (χ3v) is 8.92. The van der Waals surface area contributed by atoms with E-state index < -0.39 is 12.0 Å². The molecule has 0 radical (unpaired) electrons. The van der Waals surface area contributed by atoms with Crippen molar-refractivity contribution in [2.45, 2.75) is 23.9 Å². The van der Waals surface area contributed by atoms with E-state index in [1.54, 1.807) is 11.6 Å². The summed E-state index contributed by atoms with van der Waals surface area (Å²) in [5.41, 5.74) is 3.53. The monoisotopic (exact) mass is 617 g/mol. The van der Waals surface area contributed by atoms with Gasteiger partial charge in [0.15, 0.2) is 4.34 Å². The molecule has 1 N–H and O–H groups in total. The zero-order valence-corrected chi connectivity index (χ0v) is 24.7. The quantitative estimate of drug-likeness (QED) is 0.147. The van der Waals surface area contributed by atoms with Crippen LogP contribution in [0.4, 0.5) is 5.95 Å². The summed E-state index contributed by atoms with van der Waals surface area (Å²) < 4.78 is 14.1. The van der Waals surface area contributed by atoms with Crippen LogP contribution >= 0.6 is 34.7 Å². The number of fused-ring (bicyclic) bond motifs is 1. The lowest BCUT2D eigenvalue weighted by Gasteiger charge is -2.29. The first kappa shape index (κ1) is 27.9. The topological polar surface area (TPSA) is 117 Å². The number of nitrogens with zero attached hydrogens (tertiary/aromatic N) is 6. The van der Waals surface area contributed by atoms with E-state index in [1.807, 2.05) is 78.9 Å². The number of esters is 1. The first-order chi connectivity index (χ1) is 20.6. The fourth-order valence-electron chi connectivity index (χ4n) is 4.49. The molecule has 5 aromatic rings. The number of para-hydroxylation sites is 1. The highest BCUT2D eigenvalue weighted by Crippen LogP contribution is 2.41. The average molecular weight is 618 g/mol. The lowest BCUT2D eigenvalue weighted by atomic mass is 9.95. The maximum Gasteiger partial charge on any atom is 0.338 e. The van der Waals surface area contributed by atoms with Gasteiger partial charge in [-0.15, -0.1) is 10.2 Å². The molecule has 42 heavy (non-hydrogen) atoms. The van der Waals surface area contributed by atoms with Gasteiger partial charge in [-0.05, 0) is 29.5 Å². The highest BCUT2D eigenvalue weighted by atomic mass is 35.5. The third kappa shape index (κ3) is 5.87. The first-order valence-corrected chi connectivity index (χ1v) is 15.2. The lowest BCUT2D eigenvalue weighted by Crippen LogP contribution is -2.31. The number of thioether (sulfide) groups is 1. The standard InChI is InChI=1S/C29H24ClN7O3S2/c1-2-39-27(38)24-22(17-41-29-34-32-26(42-29)18-10-4-3-5-11-18)31-28-33-35-36-37(28)25(24)20-13-7-9-15-23(20)40-16-19-12-6-8-14-21(19)30/h3-15,25H,2,16-17H2,1H3,(H,31,33,36). The highest BCUT2D eigenvalue weighted by molar-refractivity contribution is 8.01. The van der Waals surface area contributed by atoms with E-state index in [9.17, 15) is 4.79 Å². The molecule has 0 spiro atoms. The molecule has 3 heterocycles. The van der Waals surface area contributed by atoms with E-state index >= 15 is 0 Å². The summed E-state index contributed by atoms with van der Waals surface area (Å²) in [5.74, 6) is 0.863. The van der Waals surface area contributed by atoms with Crippen molar-refractivity contribution in [2.75, 3.05) is 17.7 Å². The van der Waals surface area contributed by atoms with Crippen molar-refractivity contribution in [2.24, 2.45) is 0 Å². The maximum absolute atomic E-state index is 13.6. The normalized spacial score (nSPS) is 14.3. The Morgan fingerprint density at radius 3 is 2.64 bits per heavy atom. The highest BCUT2D eigenvalue weighted by Gasteiger charge is 2.37. The predicted molar refractivity (Wildman–Crippen MR) is 162 cm³/mol. The number of hydrogen-bond donors (Lipinski definition) is 1. The van der Waals surface area contributed by atoms with Crippen LogP contribution in [0.3, 0.4) is 0 Å². The van der Waals surface area contributed by atoms with Gasteiger partial charge in [-0.3, -0.25) is 0 Å². The van der Waals surface area contributed by atoms with Crippen molar-refractivity contribution in [1.82, 2.24) is 30.4 Å². The zero-order valence-electron chi connectivity index (χ0n) is 22.3. The van der Waals surface area contributed by atoms with Gasteiger partial charge in [0.05, 0.1) is 12.2 Å². The second kappa shape index (κ2) is 12.7. The van der Waals surface area contributed by atoms with E-state index in [0.29, 0.717) is 39.3 Å². The molecule has 1 unspecified atom stereocenters. The summed E-state index contributed by atoms with van der Waals surface area (Å²) in [6.45, 7) is 2.22. The van der Waals surface area contributed by atoms with Gasteiger partial charge in [0.2, 0.25) is 5.95 Å². The lowest BCUT2D eigenvalue weighted by molar-refractivity contribution is -0.139. The second-order valence-electron chi connectivity index (χ2n) is 9.03. The summed E-state index contributed by atoms with van der Waals surface area (Å²) >= 11 is 9.32. The first-order valence-electron chi connectivity index (χ1n) is 13.0. The van der Waals surface area contributed by atoms with Gasteiger partial charge in [0.25, 0.3) is 0 Å². The number of nitrogens with one attached hydrogen (secondary N) is 1. The summed E-state index contributed by atoms with van der Waals surface area (Å²) in [6, 6.07) is 24.2. The predicted octanol–water partition coefficient (Wildman–Crippen LogP) is 6.05. The van der Waals surface area contributed by atoms with Crippen LogP contribution in [-0.2, 0) is 16.1 Å². The number of hydrogen-bond acceptors (Lipinski definition) is 11. The van der Waals surface area contributed by atoms with Gasteiger partial charge >= 0.3 is 5.97 Å². The van der Waals surface area contributed by atoms with Crippen LogP contribution in [0.1, 0.15) is 24.1 Å². The van der Waals surface area contributed by atoms with Gasteiger partial charge in [-0.1, -0.05) is 107 Å². The minimum absolute atomic E-state index is 0.208. The van der Waals surface area contributed by atoms with Crippen LogP contribution in [0.5, 0.6) is 5.75 Å². The Bertz CT molecular complexity index is 1740. The van der Waals surface area contributed by atoms with Crippen LogP contribution in [0.2, 0.25) is 5.02 Å². The van der Waals surface area contributed by atoms with E-state index in [1.165, 1.54) is 23.1 Å². The minimum atomic E-state index is -0.706. The number of rotatable bonds is 10. The minimum Gasteiger partial charge on any atom is -0.488 e. The molecule has 0 aliphatic carbocycles. The molecule has 13 heteroatoms. The summed E-state index contributed by atoms with van der Waals surface area (Å²) in [7, 11) is 0. The van der Waals surface area contributed by atoms with Crippen LogP contribution < -0.4 is 10.1 Å². The van der Waals surface area contributed by atoms with E-state index in [4.69, 9.17) is 21.1 Å². The third-order valence-electron chi connectivity index (χ3n) is 6.42. The van der Waals surface area contributed by atoms with Crippen LogP contribution in [0, 0.1) is 0 Å². The molecule has 212 valence electrons. The van der Waals surface area contributed by atoms with Crippen molar-refractivity contribution in [3.63, 3.8) is 0 Å². The molecular weight excluding hydrogens is 594 g/mol. The molecule has 1 aliphatic heterocycles. The number of carbonyl (C=O) groups is 1. The number of benzene rings is 3. The molecule has 1 aliphatic rings. The van der Waals surface area contributed by atoms with E-state index in [0.717, 1.165) is 20.5 Å². The largest absolute Gasteiger partial charge is 0.488 e. The number of tetrazole rings is 1. The molecule has 3 aromatic carbocycles. The zero-order chi connectivity index (χ0) is 28.9. The molecule has 0 saturated carbocycles. The average Bonchev–Trinajstić information content (AvgIpc) is 3.69. The number of carbonyl (C=O) groups excluding carboxylic acids is 1. The molecule has 0 saturated heterocycles. The maximum atomic E-state index is 13.6. The van der Waals surface area contributed by atoms with Gasteiger partial charge in [-0.2, -0.15) is 4.68 Å². The van der Waals surface area contributed by atoms with Gasteiger partial charge in [-0.25, -0.2) is 4.79 Å². The summed E-state index contributed by atoms with van der Waals surface area (Å²) in [6.07, 6.45) is 0. The van der Waals surface area contributed by atoms with Crippen LogP contribution in [0.25, 0.3) is 10.6 Å². The molecular formula is C29H24ClN7O3S2. The molecule has 1 atom stereocenters. The molecule has 2 aromatic heterocycles. The smallest absolute Gasteiger partial charge is 0.338 e. The molecule has 6 rings (SSSR count). The van der Waals surface area contributed by atoms with Crippen LogP contribution in [-0.4, -0.2) is 48.7 Å². The Morgan fingerprint density at radius 2 is 1.81 bits per heavy atom. The van der Waals surface area contributed by atoms with Gasteiger partial charge in [0.1, 0.15) is 23.4 Å². The van der Waals surface area contributed by atoms with Gasteiger partial charge < -0.3 is 14.8 Å². The molecule has 0 bridgehead atoms. The Labute approximate surface area is 254 Å². The van der Waals surface area contributed by atoms with Gasteiger partial charge in [0, 0.05) is 33.2 Å². The van der Waals surface area contributed by atoms with Crippen LogP contribution in [0.15, 0.2) is 94.5 Å².